The van der Waals surface area contributed by atoms with Crippen molar-refractivity contribution in [1.29, 1.82) is 0 Å². The first-order valence-electron chi connectivity index (χ1n) is 3.76. The smallest absolute Gasteiger partial charge is 0.148 e. The zero-order valence-corrected chi connectivity index (χ0v) is 7.68. The van der Waals surface area contributed by atoms with Gasteiger partial charge >= 0.3 is 0 Å². The van der Waals surface area contributed by atoms with E-state index < -0.39 is 5.82 Å². The van der Waals surface area contributed by atoms with Gasteiger partial charge in [0.05, 0.1) is 5.69 Å². The molecule has 0 atom stereocenters. The Morgan fingerprint density at radius 1 is 1.46 bits per heavy atom. The lowest BCUT2D eigenvalue weighted by Gasteiger charge is -2.02. The number of nitrogens with two attached hydrogens (primary N) is 2. The van der Waals surface area contributed by atoms with Crippen LogP contribution in [0.2, 0.25) is 5.02 Å². The molecule has 70 valence electrons. The molecule has 0 aliphatic heterocycles. The van der Waals surface area contributed by atoms with E-state index in [0.717, 1.165) is 0 Å². The monoisotopic (exact) mass is 200 g/mol. The first kappa shape index (κ1) is 10.0. The van der Waals surface area contributed by atoms with Gasteiger partial charge in [0.2, 0.25) is 0 Å². The Bertz CT molecular complexity index is 337. The fourth-order valence-corrected chi connectivity index (χ4v) is 1.15. The second-order valence-electron chi connectivity index (χ2n) is 2.53. The van der Waals surface area contributed by atoms with Crippen LogP contribution in [0.3, 0.4) is 0 Å². The summed E-state index contributed by atoms with van der Waals surface area (Å²) in [4.78, 5) is 0. The maximum absolute atomic E-state index is 13.0. The van der Waals surface area contributed by atoms with E-state index in [-0.39, 0.29) is 5.69 Å². The Morgan fingerprint density at radius 3 is 2.77 bits per heavy atom. The van der Waals surface area contributed by atoms with Gasteiger partial charge in [0.1, 0.15) is 5.82 Å². The molecule has 4 N–H and O–H groups in total. The van der Waals surface area contributed by atoms with Crippen molar-refractivity contribution < 1.29 is 4.39 Å². The van der Waals surface area contributed by atoms with E-state index >= 15 is 0 Å². The highest BCUT2D eigenvalue weighted by Gasteiger charge is 2.03. The second-order valence-corrected chi connectivity index (χ2v) is 2.97. The highest BCUT2D eigenvalue weighted by atomic mass is 35.5. The van der Waals surface area contributed by atoms with Gasteiger partial charge in [-0.1, -0.05) is 23.8 Å². The van der Waals surface area contributed by atoms with Gasteiger partial charge in [0.15, 0.2) is 0 Å². The van der Waals surface area contributed by atoms with E-state index in [9.17, 15) is 4.39 Å². The summed E-state index contributed by atoms with van der Waals surface area (Å²) < 4.78 is 13.0. The molecule has 0 aliphatic rings. The summed E-state index contributed by atoms with van der Waals surface area (Å²) in [6.07, 6.45) is 3.33. The highest BCUT2D eigenvalue weighted by Crippen LogP contribution is 2.22. The third kappa shape index (κ3) is 2.44. The third-order valence-corrected chi connectivity index (χ3v) is 1.78. The van der Waals surface area contributed by atoms with Gasteiger partial charge in [0, 0.05) is 17.1 Å². The molecule has 0 saturated heterocycles. The van der Waals surface area contributed by atoms with Gasteiger partial charge in [-0.25, -0.2) is 4.39 Å². The van der Waals surface area contributed by atoms with Crippen molar-refractivity contribution in [2.45, 2.75) is 0 Å². The molecule has 13 heavy (non-hydrogen) atoms. The molecule has 0 aromatic heterocycles. The van der Waals surface area contributed by atoms with E-state index in [4.69, 9.17) is 23.1 Å². The molecule has 0 unspecified atom stereocenters. The minimum Gasteiger partial charge on any atom is -0.396 e. The van der Waals surface area contributed by atoms with E-state index in [1.54, 1.807) is 18.2 Å². The SMILES string of the molecule is NCC=Cc1cc(Cl)cc(F)c1N. The molecule has 0 spiro atoms. The summed E-state index contributed by atoms with van der Waals surface area (Å²) in [6.45, 7) is 0.383. The maximum atomic E-state index is 13.0. The quantitative estimate of drug-likeness (QED) is 0.718. The fourth-order valence-electron chi connectivity index (χ4n) is 0.938. The van der Waals surface area contributed by atoms with E-state index in [1.807, 2.05) is 0 Å². The van der Waals surface area contributed by atoms with Crippen molar-refractivity contribution in [1.82, 2.24) is 0 Å². The largest absolute Gasteiger partial charge is 0.396 e. The first-order chi connectivity index (χ1) is 6.15. The van der Waals surface area contributed by atoms with Crippen molar-refractivity contribution in [2.75, 3.05) is 12.3 Å². The molecule has 0 amide bonds. The number of nitrogen functional groups attached to an aromatic ring is 1. The van der Waals surface area contributed by atoms with Crippen molar-refractivity contribution in [2.24, 2.45) is 5.73 Å². The van der Waals surface area contributed by atoms with Crippen LogP contribution >= 0.6 is 11.6 Å². The minimum absolute atomic E-state index is 0.0918. The summed E-state index contributed by atoms with van der Waals surface area (Å²) in [5.41, 5.74) is 11.4. The highest BCUT2D eigenvalue weighted by molar-refractivity contribution is 6.30. The van der Waals surface area contributed by atoms with E-state index in [2.05, 4.69) is 0 Å². The lowest BCUT2D eigenvalue weighted by Crippen LogP contribution is -1.96. The van der Waals surface area contributed by atoms with Crippen LogP contribution in [-0.4, -0.2) is 6.54 Å². The van der Waals surface area contributed by atoms with Gasteiger partial charge in [-0.2, -0.15) is 0 Å². The van der Waals surface area contributed by atoms with Crippen LogP contribution in [0.1, 0.15) is 5.56 Å². The van der Waals surface area contributed by atoms with Crippen LogP contribution in [0, 0.1) is 5.82 Å². The third-order valence-electron chi connectivity index (χ3n) is 1.56. The van der Waals surface area contributed by atoms with Gasteiger partial charge in [-0.05, 0) is 12.1 Å². The summed E-state index contributed by atoms with van der Waals surface area (Å²) in [5, 5.41) is 0.323. The predicted octanol–water partition coefficient (Wildman–Crippen LogP) is 2.03. The zero-order valence-electron chi connectivity index (χ0n) is 6.93. The van der Waals surface area contributed by atoms with Gasteiger partial charge in [-0.15, -0.1) is 0 Å². The molecule has 0 saturated carbocycles. The molecule has 0 heterocycles. The molecule has 0 bridgehead atoms. The van der Waals surface area contributed by atoms with Crippen LogP contribution in [0.15, 0.2) is 18.2 Å². The van der Waals surface area contributed by atoms with Gasteiger partial charge in [0.25, 0.3) is 0 Å². The summed E-state index contributed by atoms with van der Waals surface area (Å²) in [6, 6.07) is 2.77. The molecule has 0 radical (unpaired) electrons. The average molecular weight is 201 g/mol. The molecular weight excluding hydrogens is 191 g/mol. The standard InChI is InChI=1S/C9H10ClFN2/c10-7-4-6(2-1-3-12)9(13)8(11)5-7/h1-2,4-5H,3,12-13H2. The molecule has 1 aromatic rings. The summed E-state index contributed by atoms with van der Waals surface area (Å²) in [7, 11) is 0. The number of benzene rings is 1. The minimum atomic E-state index is -0.510. The normalized spacial score (nSPS) is 11.0. The molecule has 2 nitrogen and oxygen atoms in total. The van der Waals surface area contributed by atoms with Crippen LogP contribution in [0.5, 0.6) is 0 Å². The molecule has 4 heteroatoms. The summed E-state index contributed by atoms with van der Waals surface area (Å²) in [5.74, 6) is -0.510. The number of hydrogen-bond donors (Lipinski definition) is 2. The molecule has 1 aromatic carbocycles. The molecule has 0 aliphatic carbocycles. The Labute approximate surface area is 81.0 Å². The van der Waals surface area contributed by atoms with E-state index in [1.165, 1.54) is 6.07 Å². The number of anilines is 1. The Hall–Kier alpha value is -1.06. The first-order valence-corrected chi connectivity index (χ1v) is 4.14. The molecular formula is C9H10ClFN2. The van der Waals surface area contributed by atoms with Crippen molar-refractivity contribution in [3.63, 3.8) is 0 Å². The van der Waals surface area contributed by atoms with Crippen molar-refractivity contribution >= 4 is 23.4 Å². The Morgan fingerprint density at radius 2 is 2.15 bits per heavy atom. The number of hydrogen-bond acceptors (Lipinski definition) is 2. The second kappa shape index (κ2) is 4.25. The topological polar surface area (TPSA) is 52.0 Å². The summed E-state index contributed by atoms with van der Waals surface area (Å²) >= 11 is 5.64. The lowest BCUT2D eigenvalue weighted by molar-refractivity contribution is 0.632. The van der Waals surface area contributed by atoms with Gasteiger partial charge < -0.3 is 11.5 Å². The van der Waals surface area contributed by atoms with Gasteiger partial charge in [-0.3, -0.25) is 0 Å². The maximum Gasteiger partial charge on any atom is 0.148 e. The van der Waals surface area contributed by atoms with Crippen LogP contribution < -0.4 is 11.5 Å². The van der Waals surface area contributed by atoms with Crippen molar-refractivity contribution in [3.05, 3.63) is 34.6 Å². The predicted molar refractivity (Wildman–Crippen MR) is 53.9 cm³/mol. The van der Waals surface area contributed by atoms with Crippen molar-refractivity contribution in [3.8, 4) is 0 Å². The lowest BCUT2D eigenvalue weighted by atomic mass is 10.1. The molecule has 0 fully saturated rings. The Balaban J connectivity index is 3.12. The molecule has 1 rings (SSSR count). The number of rotatable bonds is 2. The van der Waals surface area contributed by atoms with Crippen LogP contribution in [-0.2, 0) is 0 Å². The van der Waals surface area contributed by atoms with Crippen LogP contribution in [0.25, 0.3) is 6.08 Å². The van der Waals surface area contributed by atoms with Crippen LogP contribution in [0.4, 0.5) is 10.1 Å². The van der Waals surface area contributed by atoms with E-state index in [0.29, 0.717) is 17.1 Å². The Kier molecular flexibility index (Phi) is 3.28. The number of halogens is 2. The average Bonchev–Trinajstić information content (AvgIpc) is 2.09. The fraction of sp³-hybridized carbons (Fsp3) is 0.111. The zero-order chi connectivity index (χ0) is 9.84.